The standard InChI is InChI=1S/C23H21BrN4O/c24-21-19(15-10-12-18(13-11-15)29-17-8-2-1-3-9-17)20-22(25)26-14-27-23(20)28(21)16-6-4-5-7-16/h1-3,8-14,16H,4-7H2,(H2,25,26,27). The van der Waals surface area contributed by atoms with Crippen molar-refractivity contribution in [3.05, 3.63) is 65.5 Å². The van der Waals surface area contributed by atoms with Crippen LogP contribution in [0.25, 0.3) is 22.2 Å². The number of ether oxygens (including phenoxy) is 1. The third-order valence-electron chi connectivity index (χ3n) is 5.56. The Morgan fingerprint density at radius 1 is 0.931 bits per heavy atom. The quantitative estimate of drug-likeness (QED) is 0.394. The molecule has 1 aliphatic carbocycles. The number of halogens is 1. The van der Waals surface area contributed by atoms with Gasteiger partial charge in [-0.15, -0.1) is 0 Å². The largest absolute Gasteiger partial charge is 0.457 e. The van der Waals surface area contributed by atoms with Crippen LogP contribution in [0.15, 0.2) is 65.5 Å². The molecule has 5 rings (SSSR count). The summed E-state index contributed by atoms with van der Waals surface area (Å²) in [5, 5.41) is 0.906. The van der Waals surface area contributed by atoms with Gasteiger partial charge in [-0.2, -0.15) is 0 Å². The van der Waals surface area contributed by atoms with Gasteiger partial charge in [0, 0.05) is 11.6 Å². The summed E-state index contributed by atoms with van der Waals surface area (Å²) in [6, 6.07) is 18.3. The number of aromatic nitrogens is 3. The molecule has 2 heterocycles. The first kappa shape index (κ1) is 18.2. The molecule has 5 nitrogen and oxygen atoms in total. The van der Waals surface area contributed by atoms with E-state index in [1.807, 2.05) is 42.5 Å². The van der Waals surface area contributed by atoms with Crippen molar-refractivity contribution in [2.45, 2.75) is 31.7 Å². The summed E-state index contributed by atoms with van der Waals surface area (Å²) < 4.78 is 9.24. The van der Waals surface area contributed by atoms with E-state index in [1.165, 1.54) is 12.8 Å². The monoisotopic (exact) mass is 448 g/mol. The van der Waals surface area contributed by atoms with Crippen LogP contribution in [0.3, 0.4) is 0 Å². The van der Waals surface area contributed by atoms with Crippen LogP contribution in [0, 0.1) is 0 Å². The minimum absolute atomic E-state index is 0.440. The van der Waals surface area contributed by atoms with E-state index >= 15 is 0 Å². The first-order chi connectivity index (χ1) is 14.2. The highest BCUT2D eigenvalue weighted by atomic mass is 79.9. The van der Waals surface area contributed by atoms with Gasteiger partial charge >= 0.3 is 0 Å². The Balaban J connectivity index is 1.59. The number of nitrogen functional groups attached to an aromatic ring is 1. The highest BCUT2D eigenvalue weighted by Crippen LogP contribution is 2.44. The molecule has 29 heavy (non-hydrogen) atoms. The number of rotatable bonds is 4. The predicted molar refractivity (Wildman–Crippen MR) is 119 cm³/mol. The van der Waals surface area contributed by atoms with Crippen LogP contribution in [0.5, 0.6) is 11.5 Å². The summed E-state index contributed by atoms with van der Waals surface area (Å²) in [6.45, 7) is 0. The number of nitrogens with zero attached hydrogens (tertiary/aromatic N) is 3. The van der Waals surface area contributed by atoms with E-state index in [2.05, 4.69) is 42.6 Å². The molecule has 4 aromatic rings. The predicted octanol–water partition coefficient (Wildman–Crippen LogP) is 6.35. The number of anilines is 1. The van der Waals surface area contributed by atoms with Gasteiger partial charge in [-0.3, -0.25) is 0 Å². The van der Waals surface area contributed by atoms with Gasteiger partial charge in [0.1, 0.15) is 29.3 Å². The molecule has 2 N–H and O–H groups in total. The molecule has 0 aliphatic heterocycles. The molecule has 0 amide bonds. The molecule has 0 spiro atoms. The fraction of sp³-hybridized carbons (Fsp3) is 0.217. The Morgan fingerprint density at radius 2 is 1.62 bits per heavy atom. The summed E-state index contributed by atoms with van der Waals surface area (Å²) in [6.07, 6.45) is 6.37. The summed E-state index contributed by atoms with van der Waals surface area (Å²) in [4.78, 5) is 8.84. The lowest BCUT2D eigenvalue weighted by Gasteiger charge is -2.14. The Kier molecular flexibility index (Phi) is 4.72. The molecule has 1 fully saturated rings. The molecule has 0 saturated heterocycles. The zero-order valence-electron chi connectivity index (χ0n) is 15.9. The minimum Gasteiger partial charge on any atom is -0.457 e. The molecule has 1 saturated carbocycles. The summed E-state index contributed by atoms with van der Waals surface area (Å²) in [7, 11) is 0. The van der Waals surface area contributed by atoms with Crippen molar-refractivity contribution in [2.24, 2.45) is 0 Å². The average Bonchev–Trinajstić information content (AvgIpc) is 3.36. The zero-order chi connectivity index (χ0) is 19.8. The Hall–Kier alpha value is -2.86. The van der Waals surface area contributed by atoms with Crippen LogP contribution >= 0.6 is 15.9 Å². The van der Waals surface area contributed by atoms with Crippen molar-refractivity contribution in [2.75, 3.05) is 5.73 Å². The number of hydrogen-bond acceptors (Lipinski definition) is 4. The fourth-order valence-corrected chi connectivity index (χ4v) is 5.09. The van der Waals surface area contributed by atoms with Crippen LogP contribution in [0.4, 0.5) is 5.82 Å². The Labute approximate surface area is 177 Å². The summed E-state index contributed by atoms with van der Waals surface area (Å²) >= 11 is 3.86. The number of nitrogens with two attached hydrogens (primary N) is 1. The maximum Gasteiger partial charge on any atom is 0.147 e. The highest BCUT2D eigenvalue weighted by molar-refractivity contribution is 9.10. The topological polar surface area (TPSA) is 66.0 Å². The maximum absolute atomic E-state index is 6.30. The van der Waals surface area contributed by atoms with E-state index in [1.54, 1.807) is 6.33 Å². The SMILES string of the molecule is Nc1ncnc2c1c(-c1ccc(Oc3ccccc3)cc1)c(Br)n2C1CCCC1. The van der Waals surface area contributed by atoms with Crippen molar-refractivity contribution in [3.8, 4) is 22.6 Å². The zero-order valence-corrected chi connectivity index (χ0v) is 17.5. The van der Waals surface area contributed by atoms with E-state index in [0.717, 1.165) is 51.1 Å². The van der Waals surface area contributed by atoms with E-state index < -0.39 is 0 Å². The van der Waals surface area contributed by atoms with E-state index in [-0.39, 0.29) is 0 Å². The molecule has 0 unspecified atom stereocenters. The van der Waals surface area contributed by atoms with Crippen LogP contribution in [0.2, 0.25) is 0 Å². The lowest BCUT2D eigenvalue weighted by molar-refractivity contribution is 0.483. The summed E-state index contributed by atoms with van der Waals surface area (Å²) in [5.74, 6) is 2.11. The van der Waals surface area contributed by atoms with Crippen LogP contribution in [-0.4, -0.2) is 14.5 Å². The van der Waals surface area contributed by atoms with Crippen molar-refractivity contribution >= 4 is 32.8 Å². The smallest absolute Gasteiger partial charge is 0.147 e. The highest BCUT2D eigenvalue weighted by Gasteiger charge is 2.27. The molecule has 6 heteroatoms. The lowest BCUT2D eigenvalue weighted by Crippen LogP contribution is -2.06. The van der Waals surface area contributed by atoms with E-state index in [0.29, 0.717) is 11.9 Å². The third-order valence-corrected chi connectivity index (χ3v) is 6.34. The number of para-hydroxylation sites is 1. The molecule has 0 atom stereocenters. The van der Waals surface area contributed by atoms with Crippen molar-refractivity contribution < 1.29 is 4.74 Å². The van der Waals surface area contributed by atoms with Crippen LogP contribution in [-0.2, 0) is 0 Å². The molecule has 146 valence electrons. The molecular weight excluding hydrogens is 428 g/mol. The van der Waals surface area contributed by atoms with Gasteiger partial charge in [0.2, 0.25) is 0 Å². The van der Waals surface area contributed by atoms with Gasteiger partial charge in [-0.05, 0) is 58.6 Å². The van der Waals surface area contributed by atoms with Crippen LogP contribution < -0.4 is 10.5 Å². The van der Waals surface area contributed by atoms with Gasteiger partial charge in [-0.1, -0.05) is 43.2 Å². The third kappa shape index (κ3) is 3.27. The van der Waals surface area contributed by atoms with E-state index in [4.69, 9.17) is 10.5 Å². The lowest BCUT2D eigenvalue weighted by atomic mass is 10.1. The normalized spacial score (nSPS) is 14.5. The van der Waals surface area contributed by atoms with E-state index in [9.17, 15) is 0 Å². The van der Waals surface area contributed by atoms with Gasteiger partial charge < -0.3 is 15.0 Å². The molecule has 0 radical (unpaired) electrons. The first-order valence-corrected chi connectivity index (χ1v) is 10.6. The number of benzene rings is 2. The number of fused-ring (bicyclic) bond motifs is 1. The van der Waals surface area contributed by atoms with Crippen molar-refractivity contribution in [1.82, 2.24) is 14.5 Å². The van der Waals surface area contributed by atoms with Gasteiger partial charge in [0.05, 0.1) is 9.99 Å². The minimum atomic E-state index is 0.440. The average molecular weight is 449 g/mol. The second-order valence-electron chi connectivity index (χ2n) is 7.37. The van der Waals surface area contributed by atoms with Crippen molar-refractivity contribution in [1.29, 1.82) is 0 Å². The summed E-state index contributed by atoms with van der Waals surface area (Å²) in [5.41, 5.74) is 9.29. The molecule has 0 bridgehead atoms. The number of hydrogen-bond donors (Lipinski definition) is 1. The van der Waals surface area contributed by atoms with Gasteiger partial charge in [-0.25, -0.2) is 9.97 Å². The molecule has 1 aliphatic rings. The molecule has 2 aromatic carbocycles. The second-order valence-corrected chi connectivity index (χ2v) is 8.12. The second kappa shape index (κ2) is 7.52. The van der Waals surface area contributed by atoms with Gasteiger partial charge in [0.15, 0.2) is 0 Å². The molecule has 2 aromatic heterocycles. The maximum atomic E-state index is 6.30. The first-order valence-electron chi connectivity index (χ1n) is 9.85. The fourth-order valence-electron chi connectivity index (χ4n) is 4.20. The van der Waals surface area contributed by atoms with Gasteiger partial charge in [0.25, 0.3) is 0 Å². The van der Waals surface area contributed by atoms with Crippen LogP contribution in [0.1, 0.15) is 31.7 Å². The Bertz CT molecular complexity index is 1150. The molecular formula is C23H21BrN4O. The Morgan fingerprint density at radius 3 is 2.34 bits per heavy atom. The van der Waals surface area contributed by atoms with Crippen molar-refractivity contribution in [3.63, 3.8) is 0 Å².